The summed E-state index contributed by atoms with van der Waals surface area (Å²) in [5.74, 6) is 0.443. The van der Waals surface area contributed by atoms with Crippen LogP contribution in [-0.2, 0) is 4.74 Å². The number of halogens is 1. The van der Waals surface area contributed by atoms with Gasteiger partial charge in [0.25, 0.3) is 5.91 Å². The first-order chi connectivity index (χ1) is 11.0. The second-order valence-electron chi connectivity index (χ2n) is 5.77. The van der Waals surface area contributed by atoms with Crippen LogP contribution < -0.4 is 0 Å². The van der Waals surface area contributed by atoms with Crippen LogP contribution in [0.5, 0.6) is 0 Å². The first-order valence-electron chi connectivity index (χ1n) is 7.54. The molecule has 0 radical (unpaired) electrons. The van der Waals surface area contributed by atoms with Gasteiger partial charge in [-0.05, 0) is 18.2 Å². The van der Waals surface area contributed by atoms with Gasteiger partial charge in [-0.2, -0.15) is 4.98 Å². The monoisotopic (exact) mass is 319 g/mol. The Bertz CT molecular complexity index is 701. The number of carbonyl (C=O) groups is 1. The lowest BCUT2D eigenvalue weighted by atomic mass is 10.1. The zero-order valence-corrected chi connectivity index (χ0v) is 13.0. The van der Waals surface area contributed by atoms with Crippen LogP contribution in [0.2, 0.25) is 0 Å². The van der Waals surface area contributed by atoms with E-state index >= 15 is 0 Å². The summed E-state index contributed by atoms with van der Waals surface area (Å²) in [5.41, 5.74) is 0.321. The van der Waals surface area contributed by atoms with E-state index in [4.69, 9.17) is 9.26 Å². The van der Waals surface area contributed by atoms with Crippen molar-refractivity contribution in [3.05, 3.63) is 47.4 Å². The van der Waals surface area contributed by atoms with E-state index in [1.807, 2.05) is 13.8 Å². The Morgan fingerprint density at radius 1 is 1.43 bits per heavy atom. The summed E-state index contributed by atoms with van der Waals surface area (Å²) in [4.78, 5) is 18.4. The normalized spacial score (nSPS) is 18.4. The van der Waals surface area contributed by atoms with Crippen molar-refractivity contribution < 1.29 is 18.4 Å². The summed E-state index contributed by atoms with van der Waals surface area (Å²) < 4.78 is 24.1. The van der Waals surface area contributed by atoms with E-state index in [1.54, 1.807) is 11.0 Å². The summed E-state index contributed by atoms with van der Waals surface area (Å²) in [5, 5.41) is 3.93. The number of carbonyl (C=O) groups excluding carboxylic acids is 1. The zero-order chi connectivity index (χ0) is 16.4. The Labute approximate surface area is 133 Å². The number of ether oxygens (including phenoxy) is 1. The Balaban J connectivity index is 1.73. The van der Waals surface area contributed by atoms with Crippen LogP contribution in [-0.4, -0.2) is 40.6 Å². The third-order valence-electron chi connectivity index (χ3n) is 3.66. The fraction of sp³-hybridized carbons (Fsp3) is 0.438. The highest BCUT2D eigenvalue weighted by molar-refractivity contribution is 5.94. The molecule has 1 aromatic heterocycles. The van der Waals surface area contributed by atoms with E-state index in [0.717, 1.165) is 0 Å². The summed E-state index contributed by atoms with van der Waals surface area (Å²) in [6.07, 6.45) is -0.433. The third kappa shape index (κ3) is 3.39. The number of rotatable bonds is 3. The Morgan fingerprint density at radius 2 is 2.26 bits per heavy atom. The molecule has 7 heteroatoms. The minimum atomic E-state index is -0.433. The summed E-state index contributed by atoms with van der Waals surface area (Å²) in [6.45, 7) is 5.04. The number of hydrogen-bond acceptors (Lipinski definition) is 5. The lowest BCUT2D eigenvalue weighted by molar-refractivity contribution is -0.0276. The topological polar surface area (TPSA) is 68.5 Å². The van der Waals surface area contributed by atoms with E-state index in [0.29, 0.717) is 37.0 Å². The minimum Gasteiger partial charge on any atom is -0.366 e. The molecule has 1 aromatic carbocycles. The van der Waals surface area contributed by atoms with Crippen molar-refractivity contribution in [3.63, 3.8) is 0 Å². The van der Waals surface area contributed by atoms with E-state index in [1.165, 1.54) is 18.2 Å². The molecule has 0 N–H and O–H groups in total. The van der Waals surface area contributed by atoms with Crippen LogP contribution in [0.1, 0.15) is 47.9 Å². The molecule has 1 aliphatic heterocycles. The summed E-state index contributed by atoms with van der Waals surface area (Å²) in [7, 11) is 0. The second kappa shape index (κ2) is 6.45. The molecule has 1 saturated heterocycles. The highest BCUT2D eigenvalue weighted by atomic mass is 19.1. The fourth-order valence-corrected chi connectivity index (χ4v) is 2.41. The zero-order valence-electron chi connectivity index (χ0n) is 13.0. The number of morpholine rings is 1. The van der Waals surface area contributed by atoms with Crippen molar-refractivity contribution in [2.45, 2.75) is 25.9 Å². The quantitative estimate of drug-likeness (QED) is 0.869. The molecular formula is C16H18FN3O3. The van der Waals surface area contributed by atoms with Crippen LogP contribution in [0.15, 0.2) is 28.8 Å². The maximum atomic E-state index is 13.3. The highest BCUT2D eigenvalue weighted by Gasteiger charge is 2.29. The van der Waals surface area contributed by atoms with Crippen LogP contribution in [0.3, 0.4) is 0 Å². The molecule has 0 spiro atoms. The SMILES string of the molecule is CC(C)c1nc(C2CN(C(=O)c3cccc(F)c3)CCO2)no1. The van der Waals surface area contributed by atoms with Gasteiger partial charge in [0.15, 0.2) is 0 Å². The van der Waals surface area contributed by atoms with Gasteiger partial charge < -0.3 is 14.2 Å². The van der Waals surface area contributed by atoms with Gasteiger partial charge in [-0.25, -0.2) is 4.39 Å². The molecule has 1 fully saturated rings. The van der Waals surface area contributed by atoms with E-state index < -0.39 is 11.9 Å². The van der Waals surface area contributed by atoms with Crippen molar-refractivity contribution in [1.29, 1.82) is 0 Å². The predicted molar refractivity (Wildman–Crippen MR) is 79.4 cm³/mol. The summed E-state index contributed by atoms with van der Waals surface area (Å²) in [6, 6.07) is 5.67. The molecule has 0 aliphatic carbocycles. The molecule has 1 aliphatic rings. The highest BCUT2D eigenvalue weighted by Crippen LogP contribution is 2.23. The van der Waals surface area contributed by atoms with Crippen molar-refractivity contribution >= 4 is 5.91 Å². The maximum absolute atomic E-state index is 13.3. The van der Waals surface area contributed by atoms with Gasteiger partial charge in [0.1, 0.15) is 11.9 Å². The largest absolute Gasteiger partial charge is 0.366 e. The van der Waals surface area contributed by atoms with Crippen LogP contribution in [0.4, 0.5) is 4.39 Å². The van der Waals surface area contributed by atoms with Crippen molar-refractivity contribution in [3.8, 4) is 0 Å². The minimum absolute atomic E-state index is 0.130. The number of benzene rings is 1. The molecule has 0 bridgehead atoms. The molecule has 6 nitrogen and oxygen atoms in total. The number of nitrogens with zero attached hydrogens (tertiary/aromatic N) is 3. The van der Waals surface area contributed by atoms with Gasteiger partial charge in [0.05, 0.1) is 13.2 Å². The molecule has 2 aromatic rings. The number of hydrogen-bond donors (Lipinski definition) is 0. The molecule has 1 amide bonds. The molecule has 122 valence electrons. The predicted octanol–water partition coefficient (Wildman–Crippen LogP) is 2.55. The lowest BCUT2D eigenvalue weighted by Gasteiger charge is -2.31. The van der Waals surface area contributed by atoms with Crippen LogP contribution >= 0.6 is 0 Å². The van der Waals surface area contributed by atoms with Crippen molar-refractivity contribution in [2.75, 3.05) is 19.7 Å². The smallest absolute Gasteiger partial charge is 0.254 e. The van der Waals surface area contributed by atoms with Crippen LogP contribution in [0, 0.1) is 5.82 Å². The first-order valence-corrected chi connectivity index (χ1v) is 7.54. The first kappa shape index (κ1) is 15.6. The Kier molecular flexibility index (Phi) is 4.38. The molecule has 3 rings (SSSR count). The maximum Gasteiger partial charge on any atom is 0.254 e. The van der Waals surface area contributed by atoms with Gasteiger partial charge >= 0.3 is 0 Å². The van der Waals surface area contributed by atoms with Gasteiger partial charge in [0, 0.05) is 18.0 Å². The Hall–Kier alpha value is -2.28. The molecule has 0 saturated carbocycles. The van der Waals surface area contributed by atoms with Gasteiger partial charge in [-0.1, -0.05) is 25.1 Å². The molecule has 1 atom stereocenters. The second-order valence-corrected chi connectivity index (χ2v) is 5.77. The average molecular weight is 319 g/mol. The van der Waals surface area contributed by atoms with Gasteiger partial charge in [-0.3, -0.25) is 4.79 Å². The third-order valence-corrected chi connectivity index (χ3v) is 3.66. The van der Waals surface area contributed by atoms with Gasteiger partial charge in [0.2, 0.25) is 11.7 Å². The van der Waals surface area contributed by atoms with Crippen molar-refractivity contribution in [1.82, 2.24) is 15.0 Å². The van der Waals surface area contributed by atoms with Gasteiger partial charge in [-0.15, -0.1) is 0 Å². The van der Waals surface area contributed by atoms with E-state index in [2.05, 4.69) is 10.1 Å². The lowest BCUT2D eigenvalue weighted by Crippen LogP contribution is -2.42. The van der Waals surface area contributed by atoms with E-state index in [-0.39, 0.29) is 11.8 Å². The van der Waals surface area contributed by atoms with Crippen LogP contribution in [0.25, 0.3) is 0 Å². The molecule has 2 heterocycles. The Morgan fingerprint density at radius 3 is 2.96 bits per heavy atom. The molecule has 23 heavy (non-hydrogen) atoms. The number of amides is 1. The number of aromatic nitrogens is 2. The summed E-state index contributed by atoms with van der Waals surface area (Å²) >= 11 is 0. The average Bonchev–Trinajstić information content (AvgIpc) is 3.04. The standard InChI is InChI=1S/C16H18FN3O3/c1-10(2)15-18-14(19-23-15)13-9-20(6-7-22-13)16(21)11-4-3-5-12(17)8-11/h3-5,8,10,13H,6-7,9H2,1-2H3. The molecule has 1 unspecified atom stereocenters. The molecular weight excluding hydrogens is 301 g/mol. The van der Waals surface area contributed by atoms with Crippen molar-refractivity contribution in [2.24, 2.45) is 0 Å². The van der Waals surface area contributed by atoms with E-state index in [9.17, 15) is 9.18 Å². The fourth-order valence-electron chi connectivity index (χ4n) is 2.41.